The zero-order chi connectivity index (χ0) is 14.3. The Morgan fingerprint density at radius 3 is 1.33 bits per heavy atom. The molecule has 0 aliphatic carbocycles. The van der Waals surface area contributed by atoms with Gasteiger partial charge in [-0.3, -0.25) is 9.59 Å². The maximum Gasteiger partial charge on any atom is 0.272 e. The fraction of sp³-hybridized carbons (Fsp3) is 0.600. The first-order valence-corrected chi connectivity index (χ1v) is 5.23. The second kappa shape index (κ2) is 7.51. The lowest BCUT2D eigenvalue weighted by Gasteiger charge is -2.14. The van der Waals surface area contributed by atoms with Crippen LogP contribution in [0.5, 0.6) is 0 Å². The molecule has 18 heavy (non-hydrogen) atoms. The van der Waals surface area contributed by atoms with Crippen LogP contribution in [0.25, 0.3) is 0 Å². The molecule has 0 spiro atoms. The number of nitrogens with zero attached hydrogens (tertiary/aromatic N) is 2. The lowest BCUT2D eigenvalue weighted by molar-refractivity contribution is -0.146. The smallest absolute Gasteiger partial charge is 0.272 e. The average Bonchev–Trinajstić information content (AvgIpc) is 2.30. The van der Waals surface area contributed by atoms with E-state index in [2.05, 4.69) is 10.2 Å². The number of hydrogen-bond acceptors (Lipinski definition) is 6. The number of amides is 2. The van der Waals surface area contributed by atoms with Gasteiger partial charge in [0.1, 0.15) is 0 Å². The van der Waals surface area contributed by atoms with Crippen LogP contribution >= 0.6 is 0 Å². The molecule has 2 amide bonds. The highest BCUT2D eigenvalue weighted by atomic mass is 16.3. The van der Waals surface area contributed by atoms with Crippen molar-refractivity contribution in [3.63, 3.8) is 0 Å². The second-order valence-electron chi connectivity index (χ2n) is 3.96. The Morgan fingerprint density at radius 2 is 1.11 bits per heavy atom. The summed E-state index contributed by atoms with van der Waals surface area (Å²) in [6.45, 7) is 6.53. The number of nitrogens with one attached hydrogen (secondary N) is 2. The lowest BCUT2D eigenvalue weighted by Crippen LogP contribution is -2.47. The maximum atomic E-state index is 11.3. The summed E-state index contributed by atoms with van der Waals surface area (Å²) in [5, 5.41) is 25.9. The van der Waals surface area contributed by atoms with Crippen molar-refractivity contribution in [2.24, 2.45) is 10.2 Å². The first kappa shape index (κ1) is 16.2. The SMILES string of the molecule is CC(C)=NNC(=O)C(O)C(O)C(=O)NN=C(C)C. The first-order chi connectivity index (χ1) is 8.25. The number of rotatable bonds is 5. The third-order valence-corrected chi connectivity index (χ3v) is 1.62. The average molecular weight is 258 g/mol. The highest BCUT2D eigenvalue weighted by Gasteiger charge is 2.30. The van der Waals surface area contributed by atoms with Crippen LogP contribution in [0.4, 0.5) is 0 Å². The van der Waals surface area contributed by atoms with Crippen LogP contribution in [-0.2, 0) is 9.59 Å². The van der Waals surface area contributed by atoms with Gasteiger partial charge in [-0.15, -0.1) is 0 Å². The number of hydrogen-bond donors (Lipinski definition) is 4. The number of hydrazone groups is 2. The maximum absolute atomic E-state index is 11.3. The molecule has 0 heterocycles. The highest BCUT2D eigenvalue weighted by Crippen LogP contribution is 1.95. The minimum atomic E-state index is -1.92. The molecular weight excluding hydrogens is 240 g/mol. The number of aliphatic hydroxyl groups excluding tert-OH is 2. The molecule has 0 fully saturated rings. The van der Waals surface area contributed by atoms with Crippen LogP contribution in [0.2, 0.25) is 0 Å². The van der Waals surface area contributed by atoms with E-state index in [0.717, 1.165) is 0 Å². The predicted octanol–water partition coefficient (Wildman–Crippen LogP) is -1.27. The molecule has 2 unspecified atom stereocenters. The van der Waals surface area contributed by atoms with Gasteiger partial charge in [0, 0.05) is 11.4 Å². The summed E-state index contributed by atoms with van der Waals surface area (Å²) >= 11 is 0. The molecule has 0 aromatic carbocycles. The molecule has 8 nitrogen and oxygen atoms in total. The Balaban J connectivity index is 4.45. The summed E-state index contributed by atoms with van der Waals surface area (Å²) < 4.78 is 0. The van der Waals surface area contributed by atoms with Gasteiger partial charge in [-0.25, -0.2) is 10.9 Å². The van der Waals surface area contributed by atoms with E-state index >= 15 is 0 Å². The van der Waals surface area contributed by atoms with Crippen LogP contribution in [0.15, 0.2) is 10.2 Å². The van der Waals surface area contributed by atoms with E-state index in [1.54, 1.807) is 27.7 Å². The molecule has 102 valence electrons. The molecule has 0 aromatic rings. The fourth-order valence-corrected chi connectivity index (χ4v) is 0.753. The zero-order valence-electron chi connectivity index (χ0n) is 10.8. The first-order valence-electron chi connectivity index (χ1n) is 5.23. The normalized spacial score (nSPS) is 13.0. The highest BCUT2D eigenvalue weighted by molar-refractivity contribution is 5.92. The van der Waals surface area contributed by atoms with Crippen LogP contribution in [0, 0.1) is 0 Å². The summed E-state index contributed by atoms with van der Waals surface area (Å²) in [5.41, 5.74) is 5.12. The Morgan fingerprint density at radius 1 is 0.833 bits per heavy atom. The van der Waals surface area contributed by atoms with Crippen LogP contribution in [-0.4, -0.2) is 45.7 Å². The van der Waals surface area contributed by atoms with Gasteiger partial charge >= 0.3 is 0 Å². The van der Waals surface area contributed by atoms with Crippen LogP contribution in [0.3, 0.4) is 0 Å². The largest absolute Gasteiger partial charge is 0.380 e. The molecule has 0 saturated heterocycles. The summed E-state index contributed by atoms with van der Waals surface area (Å²) in [6.07, 6.45) is -3.83. The number of carbonyl (C=O) groups is 2. The van der Waals surface area contributed by atoms with Crippen molar-refractivity contribution in [1.29, 1.82) is 0 Å². The number of aliphatic hydroxyl groups is 2. The Labute approximate surface area is 105 Å². The molecule has 0 bridgehead atoms. The molecule has 4 N–H and O–H groups in total. The van der Waals surface area contributed by atoms with E-state index in [0.29, 0.717) is 11.4 Å². The quantitative estimate of drug-likeness (QED) is 0.362. The van der Waals surface area contributed by atoms with E-state index < -0.39 is 24.0 Å². The predicted molar refractivity (Wildman–Crippen MR) is 65.9 cm³/mol. The summed E-state index contributed by atoms with van der Waals surface area (Å²) in [5.74, 6) is -1.95. The lowest BCUT2D eigenvalue weighted by atomic mass is 10.2. The van der Waals surface area contributed by atoms with Gasteiger partial charge in [0.25, 0.3) is 11.8 Å². The Bertz CT molecular complexity index is 334. The Kier molecular flexibility index (Phi) is 6.76. The van der Waals surface area contributed by atoms with Gasteiger partial charge in [0.15, 0.2) is 12.2 Å². The van der Waals surface area contributed by atoms with Crippen molar-refractivity contribution in [1.82, 2.24) is 10.9 Å². The molecule has 0 aliphatic heterocycles. The second-order valence-corrected chi connectivity index (χ2v) is 3.96. The van der Waals surface area contributed by atoms with Crippen molar-refractivity contribution >= 4 is 23.2 Å². The summed E-state index contributed by atoms with van der Waals surface area (Å²) in [6, 6.07) is 0. The standard InChI is InChI=1S/C10H18N4O4/c1-5(2)11-13-9(17)7(15)8(16)10(18)14-12-6(3)4/h7-8,15-16H,1-4H3,(H,13,17)(H,14,18). The van der Waals surface area contributed by atoms with Crippen molar-refractivity contribution in [2.75, 3.05) is 0 Å². The third-order valence-electron chi connectivity index (χ3n) is 1.62. The van der Waals surface area contributed by atoms with E-state index in [-0.39, 0.29) is 0 Å². The molecule has 0 rings (SSSR count). The van der Waals surface area contributed by atoms with Gasteiger partial charge in [0.05, 0.1) is 0 Å². The van der Waals surface area contributed by atoms with Gasteiger partial charge < -0.3 is 10.2 Å². The molecule has 0 aromatic heterocycles. The van der Waals surface area contributed by atoms with Gasteiger partial charge in [-0.2, -0.15) is 10.2 Å². The van der Waals surface area contributed by atoms with Gasteiger partial charge in [-0.05, 0) is 27.7 Å². The number of carbonyl (C=O) groups excluding carboxylic acids is 2. The summed E-state index contributed by atoms with van der Waals surface area (Å²) in [7, 11) is 0. The summed E-state index contributed by atoms with van der Waals surface area (Å²) in [4.78, 5) is 22.6. The van der Waals surface area contributed by atoms with E-state index in [1.807, 2.05) is 10.9 Å². The van der Waals surface area contributed by atoms with E-state index in [1.165, 1.54) is 0 Å². The molecule has 0 aliphatic rings. The van der Waals surface area contributed by atoms with Crippen molar-refractivity contribution < 1.29 is 19.8 Å². The Hall–Kier alpha value is -1.80. The topological polar surface area (TPSA) is 123 Å². The van der Waals surface area contributed by atoms with Crippen molar-refractivity contribution in [3.05, 3.63) is 0 Å². The van der Waals surface area contributed by atoms with Crippen molar-refractivity contribution in [3.8, 4) is 0 Å². The molecule has 2 atom stereocenters. The minimum absolute atomic E-state index is 0.556. The van der Waals surface area contributed by atoms with Crippen LogP contribution < -0.4 is 10.9 Å². The van der Waals surface area contributed by atoms with E-state index in [4.69, 9.17) is 0 Å². The fourth-order valence-electron chi connectivity index (χ4n) is 0.753. The third kappa shape index (κ3) is 6.06. The molecule has 0 radical (unpaired) electrons. The molecular formula is C10H18N4O4. The minimum Gasteiger partial charge on any atom is -0.380 e. The zero-order valence-corrected chi connectivity index (χ0v) is 10.8. The van der Waals surface area contributed by atoms with Crippen LogP contribution in [0.1, 0.15) is 27.7 Å². The monoisotopic (exact) mass is 258 g/mol. The van der Waals surface area contributed by atoms with Gasteiger partial charge in [-0.1, -0.05) is 0 Å². The van der Waals surface area contributed by atoms with Gasteiger partial charge in [0.2, 0.25) is 0 Å². The van der Waals surface area contributed by atoms with E-state index in [9.17, 15) is 19.8 Å². The van der Waals surface area contributed by atoms with Crippen molar-refractivity contribution in [2.45, 2.75) is 39.9 Å². The molecule has 8 heteroatoms. The molecule has 0 saturated carbocycles.